The molecule has 0 amide bonds. The number of likely N-dealkylation sites (tertiary alicyclic amines) is 1. The van der Waals surface area contributed by atoms with Gasteiger partial charge in [-0.25, -0.2) is 19.4 Å². The summed E-state index contributed by atoms with van der Waals surface area (Å²) in [5.74, 6) is -2.87. The fourth-order valence-corrected chi connectivity index (χ4v) is 5.50. The van der Waals surface area contributed by atoms with E-state index in [-0.39, 0.29) is 34.4 Å². The second kappa shape index (κ2) is 10.5. The Labute approximate surface area is 238 Å². The van der Waals surface area contributed by atoms with E-state index in [9.17, 15) is 34.8 Å². The first kappa shape index (κ1) is 26.7. The van der Waals surface area contributed by atoms with E-state index >= 15 is 0 Å². The van der Waals surface area contributed by atoms with Gasteiger partial charge in [-0.3, -0.25) is 19.0 Å². The molecule has 5 aromatic rings. The summed E-state index contributed by atoms with van der Waals surface area (Å²) < 4.78 is 3.13. The number of aromatic hydroxyl groups is 2. The minimum atomic E-state index is -1.30. The summed E-state index contributed by atoms with van der Waals surface area (Å²) in [6.45, 7) is 1.65. The lowest BCUT2D eigenvalue weighted by atomic mass is 10.0. The van der Waals surface area contributed by atoms with Crippen LogP contribution in [0.4, 0.5) is 0 Å². The molecule has 2 aromatic carbocycles. The van der Waals surface area contributed by atoms with Crippen LogP contribution in [0.5, 0.6) is 11.5 Å². The number of carboxylic acids is 2. The van der Waals surface area contributed by atoms with Gasteiger partial charge in [-0.2, -0.15) is 0 Å². The third-order valence-corrected chi connectivity index (χ3v) is 7.47. The maximum absolute atomic E-state index is 13.9. The highest BCUT2D eigenvalue weighted by atomic mass is 16.4. The average molecular weight is 568 g/mol. The summed E-state index contributed by atoms with van der Waals surface area (Å²) >= 11 is 0. The Hall–Kier alpha value is -5.49. The molecule has 0 spiro atoms. The number of rotatable bonds is 7. The number of phenolic OH excluding ortho intramolecular Hbond substituents is 1. The van der Waals surface area contributed by atoms with Gasteiger partial charge in [0.1, 0.15) is 17.1 Å². The maximum atomic E-state index is 13.9. The zero-order valence-corrected chi connectivity index (χ0v) is 22.1. The van der Waals surface area contributed by atoms with Crippen LogP contribution in [0.15, 0.2) is 77.9 Å². The molecule has 0 aliphatic carbocycles. The summed E-state index contributed by atoms with van der Waals surface area (Å²) in [6, 6.07) is 15.0. The smallest absolute Gasteiger partial charge is 0.339 e. The zero-order chi connectivity index (χ0) is 29.5. The van der Waals surface area contributed by atoms with Gasteiger partial charge in [0.25, 0.3) is 0 Å². The molecule has 6 rings (SSSR count). The molecule has 1 fully saturated rings. The number of carbonyl (C=O) groups is 2. The minimum Gasteiger partial charge on any atom is -0.507 e. The van der Waals surface area contributed by atoms with Crippen molar-refractivity contribution in [2.45, 2.75) is 19.0 Å². The highest BCUT2D eigenvalue weighted by Gasteiger charge is 2.29. The Morgan fingerprint density at radius 1 is 0.905 bits per heavy atom. The number of aromatic carboxylic acids is 2. The normalized spacial score (nSPS) is 15.3. The quantitative estimate of drug-likeness (QED) is 0.228. The van der Waals surface area contributed by atoms with E-state index < -0.39 is 11.9 Å². The molecule has 1 unspecified atom stereocenters. The van der Waals surface area contributed by atoms with Crippen LogP contribution < -0.4 is 5.69 Å². The van der Waals surface area contributed by atoms with Crippen LogP contribution in [0.3, 0.4) is 0 Å². The van der Waals surface area contributed by atoms with Gasteiger partial charge < -0.3 is 20.4 Å². The predicted molar refractivity (Wildman–Crippen MR) is 151 cm³/mol. The van der Waals surface area contributed by atoms with Gasteiger partial charge in [-0.05, 0) is 60.5 Å². The van der Waals surface area contributed by atoms with Crippen molar-refractivity contribution in [1.29, 1.82) is 0 Å². The van der Waals surface area contributed by atoms with Crippen molar-refractivity contribution >= 4 is 23.1 Å². The second-order valence-electron chi connectivity index (χ2n) is 10.1. The highest BCUT2D eigenvalue weighted by Crippen LogP contribution is 2.34. The fourth-order valence-electron chi connectivity index (χ4n) is 5.50. The lowest BCUT2D eigenvalue weighted by Crippen LogP contribution is -2.29. The van der Waals surface area contributed by atoms with Crippen LogP contribution >= 0.6 is 0 Å². The predicted octanol–water partition coefficient (Wildman–Crippen LogP) is 3.50. The molecule has 1 saturated heterocycles. The monoisotopic (exact) mass is 567 g/mol. The van der Waals surface area contributed by atoms with Gasteiger partial charge >= 0.3 is 17.6 Å². The Kier molecular flexibility index (Phi) is 6.67. The third-order valence-electron chi connectivity index (χ3n) is 7.47. The molecule has 0 bridgehead atoms. The summed E-state index contributed by atoms with van der Waals surface area (Å²) in [5, 5.41) is 39.4. The van der Waals surface area contributed by atoms with Crippen molar-refractivity contribution in [3.05, 3.63) is 100 Å². The molecule has 4 N–H and O–H groups in total. The summed E-state index contributed by atoms with van der Waals surface area (Å²) in [5.41, 5.74) is 2.35. The van der Waals surface area contributed by atoms with E-state index in [0.29, 0.717) is 59.7 Å². The molecule has 1 atom stereocenters. The molecule has 0 radical (unpaired) electrons. The lowest BCUT2D eigenvalue weighted by Gasteiger charge is -2.16. The van der Waals surface area contributed by atoms with Gasteiger partial charge in [0.05, 0.1) is 28.5 Å². The van der Waals surface area contributed by atoms with E-state index in [2.05, 4.69) is 14.9 Å². The second-order valence-corrected chi connectivity index (χ2v) is 10.1. The summed E-state index contributed by atoms with van der Waals surface area (Å²) in [7, 11) is 0. The largest absolute Gasteiger partial charge is 0.507 e. The van der Waals surface area contributed by atoms with Crippen molar-refractivity contribution in [3.63, 3.8) is 0 Å². The molecule has 3 aromatic heterocycles. The van der Waals surface area contributed by atoms with Crippen LogP contribution in [0.25, 0.3) is 28.0 Å². The van der Waals surface area contributed by atoms with Crippen LogP contribution in [0.1, 0.15) is 38.9 Å². The van der Waals surface area contributed by atoms with Crippen molar-refractivity contribution in [1.82, 2.24) is 24.0 Å². The number of fused-ring (bicyclic) bond motifs is 1. The van der Waals surface area contributed by atoms with Crippen molar-refractivity contribution in [2.24, 2.45) is 0 Å². The number of benzene rings is 2. The Balaban J connectivity index is 1.33. The van der Waals surface area contributed by atoms with Gasteiger partial charge in [-0.1, -0.05) is 6.07 Å². The van der Waals surface area contributed by atoms with E-state index in [4.69, 9.17) is 0 Å². The molecule has 4 heterocycles. The average Bonchev–Trinajstić information content (AvgIpc) is 3.54. The minimum absolute atomic E-state index is 0.168. The first-order valence-electron chi connectivity index (χ1n) is 13.1. The van der Waals surface area contributed by atoms with E-state index in [1.807, 2.05) is 0 Å². The first-order valence-corrected chi connectivity index (χ1v) is 13.1. The lowest BCUT2D eigenvalue weighted by molar-refractivity contribution is 0.0684. The van der Waals surface area contributed by atoms with Gasteiger partial charge in [-0.15, -0.1) is 0 Å². The molecular formula is C30H25N5O7. The van der Waals surface area contributed by atoms with Crippen LogP contribution in [-0.2, 0) is 6.54 Å². The highest BCUT2D eigenvalue weighted by molar-refractivity contribution is 5.93. The summed E-state index contributed by atoms with van der Waals surface area (Å²) in [6.07, 6.45) is 3.76. The molecule has 12 heteroatoms. The molecular weight excluding hydrogens is 542 g/mol. The molecule has 1 aliphatic rings. The number of nitrogens with zero attached hydrogens (tertiary/aromatic N) is 5. The number of hydrogen-bond acceptors (Lipinski definition) is 8. The van der Waals surface area contributed by atoms with Crippen molar-refractivity contribution < 1.29 is 30.0 Å². The maximum Gasteiger partial charge on any atom is 0.339 e. The summed E-state index contributed by atoms with van der Waals surface area (Å²) in [4.78, 5) is 47.6. The molecule has 212 valence electrons. The van der Waals surface area contributed by atoms with Crippen LogP contribution in [0, 0.1) is 0 Å². The number of phenols is 2. The fraction of sp³-hybridized carbons (Fsp3) is 0.167. The zero-order valence-electron chi connectivity index (χ0n) is 22.1. The number of aromatic nitrogens is 4. The Morgan fingerprint density at radius 3 is 2.50 bits per heavy atom. The van der Waals surface area contributed by atoms with Gasteiger partial charge in [0.15, 0.2) is 5.65 Å². The van der Waals surface area contributed by atoms with Crippen LogP contribution in [-0.4, -0.2) is 69.5 Å². The number of carboxylic acid groups (broad SMARTS) is 2. The Morgan fingerprint density at radius 2 is 1.74 bits per heavy atom. The van der Waals surface area contributed by atoms with Crippen molar-refractivity contribution in [2.75, 3.05) is 13.1 Å². The van der Waals surface area contributed by atoms with E-state index in [0.717, 1.165) is 0 Å². The standard InChI is InChI=1S/C30H25N5O7/c36-25-6-3-17(13-23(25)29(40)41)22-5-4-20(14-26(22)37)34-24-2-1-9-32-27(24)35(30(34)42)21-8-11-33(16-21)15-19-12-18(28(38)39)7-10-31-19/h1-7,9-10,12-14,21,36-37H,8,11,15-16H2,(H,38,39)(H,40,41). The Bertz CT molecular complexity index is 1930. The molecule has 1 aliphatic heterocycles. The first-order chi connectivity index (χ1) is 20.2. The van der Waals surface area contributed by atoms with E-state index in [1.54, 1.807) is 41.1 Å². The molecule has 0 saturated carbocycles. The topological polar surface area (TPSA) is 171 Å². The number of hydrogen-bond donors (Lipinski definition) is 4. The van der Waals surface area contributed by atoms with E-state index in [1.165, 1.54) is 41.1 Å². The third kappa shape index (κ3) is 4.73. The van der Waals surface area contributed by atoms with Crippen LogP contribution in [0.2, 0.25) is 0 Å². The van der Waals surface area contributed by atoms with Gasteiger partial charge in [0, 0.05) is 43.7 Å². The van der Waals surface area contributed by atoms with Gasteiger partial charge in [0.2, 0.25) is 0 Å². The molecule has 42 heavy (non-hydrogen) atoms. The molecule has 12 nitrogen and oxygen atoms in total. The number of imidazole rings is 1. The number of pyridine rings is 2. The van der Waals surface area contributed by atoms with Crippen molar-refractivity contribution in [3.8, 4) is 28.3 Å². The SMILES string of the molecule is O=C(O)c1ccnc(CN2CCC(n3c(=O)n(-c4ccc(-c5ccc(O)c(C(=O)O)c5)c(O)c4)c4cccnc43)C2)c1.